The minimum atomic E-state index is 0.806. The van der Waals surface area contributed by atoms with E-state index in [1.54, 1.807) is 0 Å². The summed E-state index contributed by atoms with van der Waals surface area (Å²) in [6, 6.07) is 0. The molecule has 0 saturated carbocycles. The van der Waals surface area contributed by atoms with E-state index in [2.05, 4.69) is 30.0 Å². The molecule has 0 aliphatic carbocycles. The maximum Gasteiger partial charge on any atom is 0.234 e. The number of rotatable bonds is 1. The van der Waals surface area contributed by atoms with Crippen molar-refractivity contribution in [1.82, 2.24) is 14.4 Å². The van der Waals surface area contributed by atoms with E-state index in [1.807, 2.05) is 17.5 Å². The molecule has 2 rings (SSSR count). The van der Waals surface area contributed by atoms with Crippen molar-refractivity contribution >= 4 is 5.78 Å². The fourth-order valence-electron chi connectivity index (χ4n) is 1.52. The number of nitrogens with zero attached hydrogens (tertiary/aromatic N) is 3. The van der Waals surface area contributed by atoms with Gasteiger partial charge in [0.25, 0.3) is 0 Å². The van der Waals surface area contributed by atoms with E-state index in [0.717, 1.165) is 23.5 Å². The Bertz CT molecular complexity index is 443. The minimum Gasteiger partial charge on any atom is -0.288 e. The number of fused-ring (bicyclic) bond motifs is 1. The van der Waals surface area contributed by atoms with Crippen LogP contribution in [0.25, 0.3) is 5.78 Å². The Labute approximate surface area is 77.4 Å². The van der Waals surface area contributed by atoms with Crippen LogP contribution in [-0.2, 0) is 6.42 Å². The van der Waals surface area contributed by atoms with Crippen LogP contribution >= 0.6 is 0 Å². The molecule has 0 aromatic carbocycles. The van der Waals surface area contributed by atoms with Gasteiger partial charge in [0, 0.05) is 18.1 Å². The Balaban J connectivity index is 2.77. The molecule has 2 heterocycles. The van der Waals surface area contributed by atoms with Gasteiger partial charge in [-0.15, -0.1) is 0 Å². The predicted octanol–water partition coefficient (Wildman–Crippen LogP) is 1.91. The molecule has 0 radical (unpaired) electrons. The van der Waals surface area contributed by atoms with Crippen LogP contribution in [0.4, 0.5) is 0 Å². The van der Waals surface area contributed by atoms with Crippen molar-refractivity contribution in [2.45, 2.75) is 27.2 Å². The van der Waals surface area contributed by atoms with Crippen molar-refractivity contribution in [3.8, 4) is 0 Å². The third kappa shape index (κ3) is 1.20. The molecule has 2 aromatic heterocycles. The molecule has 2 aromatic rings. The molecule has 0 aliphatic heterocycles. The van der Waals surface area contributed by atoms with Gasteiger partial charge in [0.15, 0.2) is 0 Å². The standard InChI is InChI=1S/C10H13N3/c1-4-9-8(3)13-6-7(2)5-11-10(13)12-9/h5-6H,4H2,1-3H3. The maximum absolute atomic E-state index is 4.42. The second-order valence-electron chi connectivity index (χ2n) is 3.30. The Kier molecular flexibility index (Phi) is 1.79. The Morgan fingerprint density at radius 1 is 1.38 bits per heavy atom. The lowest BCUT2D eigenvalue weighted by Gasteiger charge is -1.96. The second-order valence-corrected chi connectivity index (χ2v) is 3.30. The highest BCUT2D eigenvalue weighted by Crippen LogP contribution is 2.10. The third-order valence-electron chi connectivity index (χ3n) is 2.28. The lowest BCUT2D eigenvalue weighted by molar-refractivity contribution is 1.01. The van der Waals surface area contributed by atoms with E-state index in [1.165, 1.54) is 5.69 Å². The van der Waals surface area contributed by atoms with Gasteiger partial charge in [-0.1, -0.05) is 6.92 Å². The first kappa shape index (κ1) is 8.23. The molecule has 0 spiro atoms. The van der Waals surface area contributed by atoms with Crippen LogP contribution in [0.1, 0.15) is 23.9 Å². The van der Waals surface area contributed by atoms with Crippen LogP contribution in [0.5, 0.6) is 0 Å². The van der Waals surface area contributed by atoms with Crippen LogP contribution in [0.15, 0.2) is 12.4 Å². The molecular formula is C10H13N3. The Morgan fingerprint density at radius 2 is 2.15 bits per heavy atom. The largest absolute Gasteiger partial charge is 0.288 e. The first-order valence-corrected chi connectivity index (χ1v) is 4.52. The fraction of sp³-hybridized carbons (Fsp3) is 0.400. The lowest BCUT2D eigenvalue weighted by atomic mass is 10.3. The summed E-state index contributed by atoms with van der Waals surface area (Å²) in [5.41, 5.74) is 3.50. The quantitative estimate of drug-likeness (QED) is 0.662. The van der Waals surface area contributed by atoms with E-state index in [-0.39, 0.29) is 0 Å². The number of imidazole rings is 1. The van der Waals surface area contributed by atoms with Crippen molar-refractivity contribution < 1.29 is 0 Å². The second kappa shape index (κ2) is 2.83. The van der Waals surface area contributed by atoms with Crippen LogP contribution in [0.3, 0.4) is 0 Å². The molecule has 0 fully saturated rings. The SMILES string of the molecule is CCc1nc2ncc(C)cn2c1C. The van der Waals surface area contributed by atoms with Gasteiger partial charge in [0.05, 0.1) is 5.69 Å². The normalized spacial score (nSPS) is 11.0. The van der Waals surface area contributed by atoms with Gasteiger partial charge in [-0.25, -0.2) is 9.97 Å². The van der Waals surface area contributed by atoms with Crippen molar-refractivity contribution in [2.24, 2.45) is 0 Å². The summed E-state index contributed by atoms with van der Waals surface area (Å²) in [4.78, 5) is 8.69. The van der Waals surface area contributed by atoms with Gasteiger partial charge < -0.3 is 0 Å². The predicted molar refractivity (Wildman–Crippen MR) is 51.8 cm³/mol. The van der Waals surface area contributed by atoms with Gasteiger partial charge >= 0.3 is 0 Å². The third-order valence-corrected chi connectivity index (χ3v) is 2.28. The summed E-state index contributed by atoms with van der Waals surface area (Å²) < 4.78 is 2.05. The van der Waals surface area contributed by atoms with Crippen molar-refractivity contribution in [1.29, 1.82) is 0 Å². The lowest BCUT2D eigenvalue weighted by Crippen LogP contribution is -1.91. The summed E-state index contributed by atoms with van der Waals surface area (Å²) in [6.07, 6.45) is 4.89. The summed E-state index contributed by atoms with van der Waals surface area (Å²) in [5.74, 6) is 0.806. The van der Waals surface area contributed by atoms with Crippen LogP contribution in [0.2, 0.25) is 0 Å². The molecular weight excluding hydrogens is 162 g/mol. The highest BCUT2D eigenvalue weighted by Gasteiger charge is 2.06. The van der Waals surface area contributed by atoms with Gasteiger partial charge in [0.1, 0.15) is 0 Å². The molecule has 3 nitrogen and oxygen atoms in total. The smallest absolute Gasteiger partial charge is 0.234 e. The summed E-state index contributed by atoms with van der Waals surface area (Å²) in [5, 5.41) is 0. The zero-order valence-electron chi connectivity index (χ0n) is 8.20. The zero-order chi connectivity index (χ0) is 9.42. The van der Waals surface area contributed by atoms with Gasteiger partial charge in [-0.05, 0) is 25.8 Å². The van der Waals surface area contributed by atoms with Crippen LogP contribution < -0.4 is 0 Å². The average molecular weight is 175 g/mol. The van der Waals surface area contributed by atoms with Crippen molar-refractivity contribution in [2.75, 3.05) is 0 Å². The maximum atomic E-state index is 4.42. The molecule has 13 heavy (non-hydrogen) atoms. The van der Waals surface area contributed by atoms with Crippen molar-refractivity contribution in [3.05, 3.63) is 29.3 Å². The first-order valence-electron chi connectivity index (χ1n) is 4.52. The van der Waals surface area contributed by atoms with E-state index in [4.69, 9.17) is 0 Å². The zero-order valence-corrected chi connectivity index (χ0v) is 8.20. The van der Waals surface area contributed by atoms with E-state index in [0.29, 0.717) is 0 Å². The van der Waals surface area contributed by atoms with Gasteiger partial charge in [-0.3, -0.25) is 4.40 Å². The molecule has 0 amide bonds. The highest BCUT2D eigenvalue weighted by molar-refractivity contribution is 5.36. The van der Waals surface area contributed by atoms with E-state index in [9.17, 15) is 0 Å². The molecule has 0 bridgehead atoms. The number of aromatic nitrogens is 3. The van der Waals surface area contributed by atoms with E-state index >= 15 is 0 Å². The highest BCUT2D eigenvalue weighted by atomic mass is 15.1. The summed E-state index contributed by atoms with van der Waals surface area (Å²) >= 11 is 0. The monoisotopic (exact) mass is 175 g/mol. The Hall–Kier alpha value is -1.38. The van der Waals surface area contributed by atoms with Crippen LogP contribution in [0, 0.1) is 13.8 Å². The fourth-order valence-corrected chi connectivity index (χ4v) is 1.52. The molecule has 68 valence electrons. The molecule has 0 N–H and O–H groups in total. The molecule has 0 atom stereocenters. The number of hydrogen-bond donors (Lipinski definition) is 0. The van der Waals surface area contributed by atoms with Gasteiger partial charge in [0.2, 0.25) is 5.78 Å². The minimum absolute atomic E-state index is 0.806. The first-order chi connectivity index (χ1) is 6.22. The molecule has 0 saturated heterocycles. The molecule has 0 unspecified atom stereocenters. The number of hydrogen-bond acceptors (Lipinski definition) is 2. The molecule has 3 heteroatoms. The average Bonchev–Trinajstić information content (AvgIpc) is 2.44. The van der Waals surface area contributed by atoms with Gasteiger partial charge in [-0.2, -0.15) is 0 Å². The van der Waals surface area contributed by atoms with Crippen LogP contribution in [-0.4, -0.2) is 14.4 Å². The van der Waals surface area contributed by atoms with E-state index < -0.39 is 0 Å². The Morgan fingerprint density at radius 3 is 2.85 bits per heavy atom. The summed E-state index contributed by atoms with van der Waals surface area (Å²) in [7, 11) is 0. The topological polar surface area (TPSA) is 30.2 Å². The number of aryl methyl sites for hydroxylation is 3. The van der Waals surface area contributed by atoms with Crippen molar-refractivity contribution in [3.63, 3.8) is 0 Å². The summed E-state index contributed by atoms with van der Waals surface area (Å²) in [6.45, 7) is 6.24. The molecule has 0 aliphatic rings.